The monoisotopic (exact) mass is 866 g/mol. The number of phosphoric ester groups is 1. The molecule has 0 saturated heterocycles. The normalized spacial score (nSPS) is 14.2. The highest BCUT2D eigenvalue weighted by atomic mass is 31.2. The quantitative estimate of drug-likeness (QED) is 0.0175. The lowest BCUT2D eigenvalue weighted by Gasteiger charge is -2.20. The molecule has 12 heteroatoms. The molecule has 0 aliphatic heterocycles. The number of rotatable bonds is 43. The molecule has 3 atom stereocenters. The van der Waals surface area contributed by atoms with Gasteiger partial charge in [-0.1, -0.05) is 177 Å². The third-order valence-electron chi connectivity index (χ3n) is 9.81. The Balaban J connectivity index is 4.28. The maximum atomic E-state index is 12.6. The number of ether oxygens (including phenoxy) is 2. The van der Waals surface area contributed by atoms with Gasteiger partial charge < -0.3 is 25.2 Å². The van der Waals surface area contributed by atoms with Crippen LogP contribution in [0.4, 0.5) is 0 Å². The molecule has 60 heavy (non-hydrogen) atoms. The number of phosphoric acid groups is 1. The minimum atomic E-state index is -4.73. The molecule has 0 aromatic heterocycles. The highest BCUT2D eigenvalue weighted by Gasteiger charge is 2.28. The van der Waals surface area contributed by atoms with E-state index in [1.165, 1.54) is 77.0 Å². The molecule has 0 heterocycles. The zero-order valence-electron chi connectivity index (χ0n) is 37.5. The molecule has 0 fully saturated rings. The van der Waals surface area contributed by atoms with Gasteiger partial charge >= 0.3 is 25.7 Å². The predicted octanol–water partition coefficient (Wildman–Crippen LogP) is 12.7. The second kappa shape index (κ2) is 42.9. The molecule has 0 saturated carbocycles. The van der Waals surface area contributed by atoms with Crippen molar-refractivity contribution in [2.24, 2.45) is 5.73 Å². The largest absolute Gasteiger partial charge is 0.480 e. The van der Waals surface area contributed by atoms with Crippen LogP contribution in [0.3, 0.4) is 0 Å². The number of carbonyl (C=O) groups excluding carboxylic acids is 2. The summed E-state index contributed by atoms with van der Waals surface area (Å²) in [6.45, 7) is 2.64. The number of nitrogens with two attached hydrogens (primary N) is 1. The number of aliphatic carboxylic acids is 1. The summed E-state index contributed by atoms with van der Waals surface area (Å²) < 4.78 is 32.7. The lowest BCUT2D eigenvalue weighted by atomic mass is 10.1. The standard InChI is InChI=1S/C48H84NO10P/c1-3-5-7-9-11-13-15-17-18-19-20-21-22-23-24-25-26-28-29-31-33-35-37-39-46(50)56-41-44(42-57-60(54,55)58-43-45(49)48(52)53)59-47(51)40-38-36-34-32-30-27-16-14-12-10-8-6-4-2/h6,8,10,12,14,16,20-21,23-24,44-45H,3-5,7,9,11,13,15,17-19,22,25-43,49H2,1-2H3,(H,52,53)(H,54,55)/b8-6+,12-10+,16-14+,21-20+,24-23+/t44?,45-/m0/s1. The van der Waals surface area contributed by atoms with E-state index in [4.69, 9.17) is 24.8 Å². The predicted molar refractivity (Wildman–Crippen MR) is 245 cm³/mol. The Morgan fingerprint density at radius 3 is 1.52 bits per heavy atom. The molecule has 0 radical (unpaired) electrons. The third kappa shape index (κ3) is 41.9. The van der Waals surface area contributed by atoms with Crippen molar-refractivity contribution in [1.29, 1.82) is 0 Å². The number of esters is 2. The van der Waals surface area contributed by atoms with E-state index in [0.29, 0.717) is 12.8 Å². The summed E-state index contributed by atoms with van der Waals surface area (Å²) in [7, 11) is -4.73. The number of allylic oxidation sites excluding steroid dienone is 10. The zero-order chi connectivity index (χ0) is 44.2. The first kappa shape index (κ1) is 57.2. The second-order valence-electron chi connectivity index (χ2n) is 15.6. The molecule has 4 N–H and O–H groups in total. The van der Waals surface area contributed by atoms with Crippen molar-refractivity contribution in [2.75, 3.05) is 19.8 Å². The van der Waals surface area contributed by atoms with Gasteiger partial charge in [0.25, 0.3) is 0 Å². The molecular formula is C48H84NO10P. The van der Waals surface area contributed by atoms with Crippen molar-refractivity contribution in [2.45, 2.75) is 206 Å². The number of carboxylic acids is 1. The van der Waals surface area contributed by atoms with Gasteiger partial charge in [-0.25, -0.2) is 4.57 Å². The van der Waals surface area contributed by atoms with Crippen LogP contribution in [0.2, 0.25) is 0 Å². The van der Waals surface area contributed by atoms with Crippen LogP contribution in [0.5, 0.6) is 0 Å². The van der Waals surface area contributed by atoms with Gasteiger partial charge in [0.1, 0.15) is 12.6 Å². The molecule has 0 aromatic rings. The first-order chi connectivity index (χ1) is 29.1. The van der Waals surface area contributed by atoms with Gasteiger partial charge in [-0.15, -0.1) is 0 Å². The number of unbranched alkanes of at least 4 members (excludes halogenated alkanes) is 21. The van der Waals surface area contributed by atoms with Crippen molar-refractivity contribution in [3.63, 3.8) is 0 Å². The van der Waals surface area contributed by atoms with E-state index in [-0.39, 0.29) is 19.4 Å². The van der Waals surface area contributed by atoms with Gasteiger partial charge in [-0.2, -0.15) is 0 Å². The smallest absolute Gasteiger partial charge is 0.472 e. The maximum Gasteiger partial charge on any atom is 0.472 e. The fourth-order valence-electron chi connectivity index (χ4n) is 6.15. The van der Waals surface area contributed by atoms with E-state index in [0.717, 1.165) is 77.0 Å². The lowest BCUT2D eigenvalue weighted by Crippen LogP contribution is -2.34. The van der Waals surface area contributed by atoms with E-state index in [1.54, 1.807) is 0 Å². The van der Waals surface area contributed by atoms with Crippen molar-refractivity contribution in [3.8, 4) is 0 Å². The minimum Gasteiger partial charge on any atom is -0.480 e. The third-order valence-corrected chi connectivity index (χ3v) is 10.8. The Morgan fingerprint density at radius 1 is 0.550 bits per heavy atom. The fourth-order valence-corrected chi connectivity index (χ4v) is 6.93. The van der Waals surface area contributed by atoms with E-state index < -0.39 is 51.1 Å². The molecule has 11 nitrogen and oxygen atoms in total. The van der Waals surface area contributed by atoms with Crippen LogP contribution in [-0.2, 0) is 37.5 Å². The molecule has 346 valence electrons. The van der Waals surface area contributed by atoms with Gasteiger partial charge in [0.2, 0.25) is 0 Å². The molecule has 0 amide bonds. The van der Waals surface area contributed by atoms with Crippen molar-refractivity contribution >= 4 is 25.7 Å². The summed E-state index contributed by atoms with van der Waals surface area (Å²) in [4.78, 5) is 46.0. The van der Waals surface area contributed by atoms with Crippen LogP contribution in [0.15, 0.2) is 60.8 Å². The zero-order valence-corrected chi connectivity index (χ0v) is 38.4. The topological polar surface area (TPSA) is 172 Å². The van der Waals surface area contributed by atoms with Gasteiger partial charge in [0.05, 0.1) is 13.2 Å². The van der Waals surface area contributed by atoms with Crippen molar-refractivity contribution in [1.82, 2.24) is 0 Å². The molecular weight excluding hydrogens is 781 g/mol. The van der Waals surface area contributed by atoms with E-state index in [9.17, 15) is 23.8 Å². The van der Waals surface area contributed by atoms with E-state index in [1.807, 2.05) is 24.3 Å². The van der Waals surface area contributed by atoms with Gasteiger partial charge in [-0.3, -0.25) is 23.4 Å². The number of carboxylic acid groups (broad SMARTS) is 1. The van der Waals surface area contributed by atoms with Crippen LogP contribution in [0.25, 0.3) is 0 Å². The number of hydrogen-bond acceptors (Lipinski definition) is 9. The molecule has 0 aromatic carbocycles. The van der Waals surface area contributed by atoms with Crippen LogP contribution < -0.4 is 5.73 Å². The molecule has 0 aliphatic carbocycles. The minimum absolute atomic E-state index is 0.134. The molecule has 0 spiro atoms. The highest BCUT2D eigenvalue weighted by Crippen LogP contribution is 2.43. The van der Waals surface area contributed by atoms with Gasteiger partial charge in [-0.05, 0) is 64.2 Å². The summed E-state index contributed by atoms with van der Waals surface area (Å²) in [5, 5.41) is 8.89. The van der Waals surface area contributed by atoms with E-state index in [2.05, 4.69) is 54.8 Å². The second-order valence-corrected chi connectivity index (χ2v) is 17.0. The van der Waals surface area contributed by atoms with Crippen LogP contribution in [-0.4, -0.2) is 59.9 Å². The summed E-state index contributed by atoms with van der Waals surface area (Å²) in [5.74, 6) is -2.42. The summed E-state index contributed by atoms with van der Waals surface area (Å²) in [6, 6.07) is -1.53. The highest BCUT2D eigenvalue weighted by molar-refractivity contribution is 7.47. The summed E-state index contributed by atoms with van der Waals surface area (Å²) >= 11 is 0. The van der Waals surface area contributed by atoms with Crippen LogP contribution in [0, 0.1) is 0 Å². The van der Waals surface area contributed by atoms with Crippen molar-refractivity contribution in [3.05, 3.63) is 60.8 Å². The Kier molecular flexibility index (Phi) is 40.8. The first-order valence-electron chi connectivity index (χ1n) is 23.3. The fraction of sp³-hybridized carbons (Fsp3) is 0.729. The average Bonchev–Trinajstić information content (AvgIpc) is 3.22. The Hall–Kier alpha value is -2.82. The van der Waals surface area contributed by atoms with Gasteiger partial charge in [0, 0.05) is 12.8 Å². The molecule has 2 unspecified atom stereocenters. The first-order valence-corrected chi connectivity index (χ1v) is 24.8. The van der Waals surface area contributed by atoms with Crippen LogP contribution in [0.1, 0.15) is 194 Å². The SMILES string of the molecule is CC/C=C/C=C/C=C/CCCCCCCC(=O)OC(COC(=O)CCCCCCCCC/C=C/C/C=C/CCCCCCCCCCC)COP(=O)(O)OC[C@H](N)C(=O)O. The lowest BCUT2D eigenvalue weighted by molar-refractivity contribution is -0.161. The summed E-state index contributed by atoms with van der Waals surface area (Å²) in [6.07, 6.45) is 50.1. The number of carbonyl (C=O) groups is 3. The van der Waals surface area contributed by atoms with Gasteiger partial charge in [0.15, 0.2) is 6.10 Å². The average molecular weight is 866 g/mol. The maximum absolute atomic E-state index is 12.6. The summed E-state index contributed by atoms with van der Waals surface area (Å²) in [5.41, 5.74) is 5.33. The van der Waals surface area contributed by atoms with Crippen molar-refractivity contribution < 1.29 is 47.5 Å². The molecule has 0 rings (SSSR count). The number of hydrogen-bond donors (Lipinski definition) is 3. The molecule has 0 bridgehead atoms. The Labute approximate surface area is 364 Å². The van der Waals surface area contributed by atoms with Crippen LogP contribution >= 0.6 is 7.82 Å². The molecule has 0 aliphatic rings. The Bertz CT molecular complexity index is 1250. The Morgan fingerprint density at radius 2 is 1.00 bits per heavy atom. The van der Waals surface area contributed by atoms with E-state index >= 15 is 0 Å².